The van der Waals surface area contributed by atoms with Gasteiger partial charge in [0.25, 0.3) is 5.91 Å². The molecule has 0 aliphatic carbocycles. The molecule has 0 radical (unpaired) electrons. The first-order chi connectivity index (χ1) is 18.1. The Kier molecular flexibility index (Phi) is 12.0. The first-order valence-electron chi connectivity index (χ1n) is 13.3. The summed E-state index contributed by atoms with van der Waals surface area (Å²) in [5.74, 6) is -1.71. The van der Waals surface area contributed by atoms with Crippen LogP contribution in [0, 0.1) is 12.8 Å². The number of aliphatic imine (C=N–C) groups is 1. The van der Waals surface area contributed by atoms with Crippen LogP contribution in [0.5, 0.6) is 0 Å². The molecule has 0 unspecified atom stereocenters. The van der Waals surface area contributed by atoms with Crippen LogP contribution in [0.3, 0.4) is 0 Å². The van der Waals surface area contributed by atoms with Crippen LogP contribution in [-0.4, -0.2) is 77.2 Å². The number of likely N-dealkylation sites (tertiary alicyclic amines) is 1. The van der Waals surface area contributed by atoms with E-state index in [4.69, 9.17) is 11.5 Å². The van der Waals surface area contributed by atoms with E-state index in [9.17, 15) is 19.2 Å². The second-order valence-corrected chi connectivity index (χ2v) is 9.62. The van der Waals surface area contributed by atoms with Crippen LogP contribution in [0.2, 0.25) is 0 Å². The summed E-state index contributed by atoms with van der Waals surface area (Å²) in [6.07, 6.45) is 4.04. The predicted molar refractivity (Wildman–Crippen MR) is 145 cm³/mol. The molecule has 12 nitrogen and oxygen atoms in total. The lowest BCUT2D eigenvalue weighted by molar-refractivity contribution is -0.141. The summed E-state index contributed by atoms with van der Waals surface area (Å²) in [6, 6.07) is 1.00. The van der Waals surface area contributed by atoms with Gasteiger partial charge < -0.3 is 32.3 Å². The molecule has 1 aliphatic heterocycles. The third-order valence-electron chi connectivity index (χ3n) is 6.71. The zero-order valence-corrected chi connectivity index (χ0v) is 22.8. The van der Waals surface area contributed by atoms with Gasteiger partial charge >= 0.3 is 0 Å². The van der Waals surface area contributed by atoms with Gasteiger partial charge in [0.2, 0.25) is 17.7 Å². The number of carbonyl (C=O) groups excluding carboxylic acids is 4. The van der Waals surface area contributed by atoms with Gasteiger partial charge in [-0.15, -0.1) is 0 Å². The van der Waals surface area contributed by atoms with Crippen molar-refractivity contribution in [2.45, 2.75) is 77.9 Å². The zero-order chi connectivity index (χ0) is 28.2. The monoisotopic (exact) mass is 530 g/mol. The largest absolute Gasteiger partial charge is 0.370 e. The lowest BCUT2D eigenvalue weighted by Gasteiger charge is -2.30. The van der Waals surface area contributed by atoms with Crippen molar-refractivity contribution in [2.24, 2.45) is 22.4 Å². The number of nitrogens with two attached hydrogens (primary N) is 2. The molecular formula is C26H42N8O4. The summed E-state index contributed by atoms with van der Waals surface area (Å²) < 4.78 is 0. The highest BCUT2D eigenvalue weighted by Gasteiger charge is 2.38. The molecule has 4 atom stereocenters. The lowest BCUT2D eigenvalue weighted by atomic mass is 9.97. The lowest BCUT2D eigenvalue weighted by Crippen LogP contribution is -2.57. The Morgan fingerprint density at radius 3 is 2.53 bits per heavy atom. The summed E-state index contributed by atoms with van der Waals surface area (Å²) in [7, 11) is 0. The van der Waals surface area contributed by atoms with Crippen molar-refractivity contribution in [3.05, 3.63) is 29.6 Å². The maximum atomic E-state index is 13.6. The number of pyridine rings is 1. The fourth-order valence-electron chi connectivity index (χ4n) is 4.35. The van der Waals surface area contributed by atoms with E-state index in [1.54, 1.807) is 12.1 Å². The van der Waals surface area contributed by atoms with Crippen LogP contribution in [0.4, 0.5) is 0 Å². The normalized spacial score (nSPS) is 17.2. The van der Waals surface area contributed by atoms with Crippen molar-refractivity contribution in [2.75, 3.05) is 19.6 Å². The van der Waals surface area contributed by atoms with Crippen molar-refractivity contribution in [3.8, 4) is 0 Å². The van der Waals surface area contributed by atoms with E-state index >= 15 is 0 Å². The molecule has 210 valence electrons. The number of rotatable bonds is 13. The summed E-state index contributed by atoms with van der Waals surface area (Å²) in [5.41, 5.74) is 11.9. The van der Waals surface area contributed by atoms with Gasteiger partial charge in [-0.3, -0.25) is 29.2 Å². The molecular weight excluding hydrogens is 488 g/mol. The van der Waals surface area contributed by atoms with Crippen molar-refractivity contribution >= 4 is 29.6 Å². The van der Waals surface area contributed by atoms with Crippen molar-refractivity contribution in [1.29, 1.82) is 0 Å². The van der Waals surface area contributed by atoms with Crippen LogP contribution in [0.25, 0.3) is 0 Å². The molecule has 0 bridgehead atoms. The number of hydrogen-bond acceptors (Lipinski definition) is 6. The highest BCUT2D eigenvalue weighted by molar-refractivity contribution is 5.98. The highest BCUT2D eigenvalue weighted by Crippen LogP contribution is 2.20. The zero-order valence-electron chi connectivity index (χ0n) is 22.8. The second kappa shape index (κ2) is 14.9. The first kappa shape index (κ1) is 30.5. The maximum absolute atomic E-state index is 13.6. The average molecular weight is 531 g/mol. The minimum atomic E-state index is -0.906. The van der Waals surface area contributed by atoms with E-state index < -0.39 is 29.9 Å². The molecule has 7 N–H and O–H groups in total. The van der Waals surface area contributed by atoms with E-state index in [0.717, 1.165) is 5.69 Å². The van der Waals surface area contributed by atoms with Crippen molar-refractivity contribution < 1.29 is 19.2 Å². The number of aromatic nitrogens is 1. The summed E-state index contributed by atoms with van der Waals surface area (Å²) in [5, 5.41) is 8.44. The van der Waals surface area contributed by atoms with Gasteiger partial charge in [-0.25, -0.2) is 0 Å². The van der Waals surface area contributed by atoms with Crippen LogP contribution in [-0.2, 0) is 14.4 Å². The summed E-state index contributed by atoms with van der Waals surface area (Å²) in [4.78, 5) is 62.2. The van der Waals surface area contributed by atoms with E-state index in [0.29, 0.717) is 44.3 Å². The van der Waals surface area contributed by atoms with Crippen LogP contribution >= 0.6 is 0 Å². The second-order valence-electron chi connectivity index (χ2n) is 9.62. The Bertz CT molecular complexity index is 993. The van der Waals surface area contributed by atoms with Crippen LogP contribution in [0.1, 0.15) is 68.9 Å². The average Bonchev–Trinajstić information content (AvgIpc) is 3.38. The molecule has 0 saturated carbocycles. The number of nitrogens with one attached hydrogen (secondary N) is 3. The SMILES string of the molecule is CCNC(=O)[C@@H]1CCCN1C(=O)[C@H](CCCN=C(N)N)NC(=O)[C@@H](NC(=O)c1ccc(C)nc1)[C@@H](C)CC. The summed E-state index contributed by atoms with van der Waals surface area (Å²) in [6.45, 7) is 8.59. The van der Waals surface area contributed by atoms with Gasteiger partial charge in [-0.05, 0) is 57.6 Å². The number of amides is 4. The van der Waals surface area contributed by atoms with Gasteiger partial charge in [0.1, 0.15) is 18.1 Å². The van der Waals surface area contributed by atoms with E-state index in [-0.39, 0.29) is 36.7 Å². The predicted octanol–water partition coefficient (Wildman–Crippen LogP) is 0.200. The van der Waals surface area contributed by atoms with Crippen LogP contribution < -0.4 is 27.4 Å². The first-order valence-corrected chi connectivity index (χ1v) is 13.3. The molecule has 1 aliphatic rings. The molecule has 12 heteroatoms. The van der Waals surface area contributed by atoms with Gasteiger partial charge in [0, 0.05) is 31.5 Å². The van der Waals surface area contributed by atoms with E-state index in [1.165, 1.54) is 11.1 Å². The molecule has 0 spiro atoms. The Balaban J connectivity index is 2.23. The van der Waals surface area contributed by atoms with Gasteiger partial charge in [0.15, 0.2) is 5.96 Å². The van der Waals surface area contributed by atoms with E-state index in [1.807, 2.05) is 27.7 Å². The molecule has 2 heterocycles. The quantitative estimate of drug-likeness (QED) is 0.137. The number of guanidine groups is 1. The van der Waals surface area contributed by atoms with Crippen LogP contribution in [0.15, 0.2) is 23.3 Å². The fourth-order valence-corrected chi connectivity index (χ4v) is 4.35. The number of hydrogen-bond donors (Lipinski definition) is 5. The molecule has 2 rings (SSSR count). The smallest absolute Gasteiger partial charge is 0.253 e. The molecule has 1 saturated heterocycles. The molecule has 1 aromatic rings. The minimum Gasteiger partial charge on any atom is -0.370 e. The Hall–Kier alpha value is -3.70. The Labute approximate surface area is 224 Å². The fraction of sp³-hybridized carbons (Fsp3) is 0.615. The van der Waals surface area contributed by atoms with Crippen molar-refractivity contribution in [1.82, 2.24) is 25.8 Å². The molecule has 38 heavy (non-hydrogen) atoms. The number of aryl methyl sites for hydroxylation is 1. The van der Waals surface area contributed by atoms with E-state index in [2.05, 4.69) is 25.9 Å². The number of carbonyl (C=O) groups is 4. The topological polar surface area (TPSA) is 185 Å². The molecule has 4 amide bonds. The maximum Gasteiger partial charge on any atom is 0.253 e. The highest BCUT2D eigenvalue weighted by atomic mass is 16.2. The third kappa shape index (κ3) is 8.70. The summed E-state index contributed by atoms with van der Waals surface area (Å²) >= 11 is 0. The molecule has 1 fully saturated rings. The Morgan fingerprint density at radius 1 is 1.18 bits per heavy atom. The molecule has 0 aromatic carbocycles. The minimum absolute atomic E-state index is 0.0575. The third-order valence-corrected chi connectivity index (χ3v) is 6.71. The standard InChI is InChI=1S/C26H42N8O4/c1-5-16(3)21(33-22(35)18-12-11-17(4)31-15-18)24(37)32-19(9-7-13-30-26(27)28)25(38)34-14-8-10-20(34)23(36)29-6-2/h11-12,15-16,19-21H,5-10,13-14H2,1-4H3,(H,29,36)(H,32,37)(H,33,35)(H4,27,28,30)/t16-,19-,20-,21-/m0/s1. The van der Waals surface area contributed by atoms with Gasteiger partial charge in [-0.2, -0.15) is 0 Å². The number of likely N-dealkylation sites (N-methyl/N-ethyl adjacent to an activating group) is 1. The molecule has 1 aromatic heterocycles. The number of nitrogens with zero attached hydrogens (tertiary/aromatic N) is 3. The van der Waals surface area contributed by atoms with Gasteiger partial charge in [-0.1, -0.05) is 20.3 Å². The van der Waals surface area contributed by atoms with Gasteiger partial charge in [0.05, 0.1) is 5.56 Å². The van der Waals surface area contributed by atoms with Crippen molar-refractivity contribution in [3.63, 3.8) is 0 Å². The Morgan fingerprint density at radius 2 is 1.92 bits per heavy atom.